The minimum atomic E-state index is 0.0781. The normalized spacial score (nSPS) is 21.2. The van der Waals surface area contributed by atoms with E-state index >= 15 is 0 Å². The summed E-state index contributed by atoms with van der Waals surface area (Å²) in [5.74, 6) is 0.0781. The van der Waals surface area contributed by atoms with Gasteiger partial charge in [-0.05, 0) is 39.1 Å². The van der Waals surface area contributed by atoms with Crippen LogP contribution in [0.4, 0.5) is 5.69 Å². The molecular formula is C15H22N2O2. The lowest BCUT2D eigenvalue weighted by molar-refractivity contribution is 0.101. The average molecular weight is 262 g/mol. The molecule has 1 atom stereocenters. The van der Waals surface area contributed by atoms with Crippen LogP contribution in [-0.2, 0) is 0 Å². The Kier molecular flexibility index (Phi) is 4.56. The van der Waals surface area contributed by atoms with Crippen LogP contribution in [0.15, 0.2) is 24.3 Å². The van der Waals surface area contributed by atoms with Crippen molar-refractivity contribution in [3.8, 4) is 0 Å². The monoisotopic (exact) mass is 262 g/mol. The summed E-state index contributed by atoms with van der Waals surface area (Å²) in [6, 6.07) is 7.78. The number of aliphatic hydroxyl groups is 1. The number of rotatable bonds is 3. The third-order valence-electron chi connectivity index (χ3n) is 3.70. The molecule has 0 amide bonds. The van der Waals surface area contributed by atoms with Gasteiger partial charge >= 0.3 is 0 Å². The van der Waals surface area contributed by atoms with Gasteiger partial charge in [-0.3, -0.25) is 4.79 Å². The van der Waals surface area contributed by atoms with Gasteiger partial charge in [0, 0.05) is 24.3 Å². The van der Waals surface area contributed by atoms with E-state index in [1.54, 1.807) is 6.92 Å². The van der Waals surface area contributed by atoms with Crippen molar-refractivity contribution in [2.75, 3.05) is 38.2 Å². The molecule has 1 N–H and O–H groups in total. The first-order valence-corrected chi connectivity index (χ1v) is 6.79. The minimum Gasteiger partial charge on any atom is -0.394 e. The van der Waals surface area contributed by atoms with Crippen molar-refractivity contribution in [2.24, 2.45) is 0 Å². The Bertz CT molecular complexity index is 448. The number of aliphatic hydroxyl groups excluding tert-OH is 1. The van der Waals surface area contributed by atoms with Crippen LogP contribution >= 0.6 is 0 Å². The van der Waals surface area contributed by atoms with Gasteiger partial charge in [-0.1, -0.05) is 12.1 Å². The van der Waals surface area contributed by atoms with Crippen LogP contribution in [0.2, 0.25) is 0 Å². The fourth-order valence-electron chi connectivity index (χ4n) is 2.64. The van der Waals surface area contributed by atoms with E-state index in [2.05, 4.69) is 16.8 Å². The van der Waals surface area contributed by atoms with E-state index in [0.29, 0.717) is 0 Å². The number of carbonyl (C=O) groups is 1. The van der Waals surface area contributed by atoms with Gasteiger partial charge in [0.2, 0.25) is 0 Å². The number of benzene rings is 1. The molecule has 1 fully saturated rings. The van der Waals surface area contributed by atoms with Gasteiger partial charge in [-0.15, -0.1) is 0 Å². The number of likely N-dealkylation sites (N-methyl/N-ethyl adjacent to an activating group) is 1. The van der Waals surface area contributed by atoms with E-state index in [1.165, 1.54) is 0 Å². The SMILES string of the molecule is CC(=O)c1cccc(N2CCCN(C)CC2CO)c1. The molecule has 0 bridgehead atoms. The Balaban J connectivity index is 2.27. The average Bonchev–Trinajstić information content (AvgIpc) is 2.60. The van der Waals surface area contributed by atoms with E-state index in [1.807, 2.05) is 24.3 Å². The largest absolute Gasteiger partial charge is 0.394 e. The zero-order chi connectivity index (χ0) is 13.8. The fraction of sp³-hybridized carbons (Fsp3) is 0.533. The highest BCUT2D eigenvalue weighted by Gasteiger charge is 2.23. The van der Waals surface area contributed by atoms with Gasteiger partial charge in [-0.25, -0.2) is 0 Å². The van der Waals surface area contributed by atoms with Crippen molar-refractivity contribution < 1.29 is 9.90 Å². The molecule has 1 aliphatic heterocycles. The predicted octanol–water partition coefficient (Wildman–Crippen LogP) is 1.39. The zero-order valence-electron chi connectivity index (χ0n) is 11.7. The van der Waals surface area contributed by atoms with Crippen molar-refractivity contribution in [3.05, 3.63) is 29.8 Å². The maximum atomic E-state index is 11.5. The van der Waals surface area contributed by atoms with E-state index in [-0.39, 0.29) is 18.4 Å². The Morgan fingerprint density at radius 1 is 1.42 bits per heavy atom. The number of hydrogen-bond donors (Lipinski definition) is 1. The highest BCUT2D eigenvalue weighted by Crippen LogP contribution is 2.21. The summed E-state index contributed by atoms with van der Waals surface area (Å²) in [6.45, 7) is 4.52. The van der Waals surface area contributed by atoms with Crippen LogP contribution in [0.5, 0.6) is 0 Å². The van der Waals surface area contributed by atoms with E-state index in [9.17, 15) is 9.90 Å². The molecule has 1 unspecified atom stereocenters. The van der Waals surface area contributed by atoms with Crippen molar-refractivity contribution in [3.63, 3.8) is 0 Å². The molecule has 104 valence electrons. The van der Waals surface area contributed by atoms with Crippen LogP contribution in [0, 0.1) is 0 Å². The number of anilines is 1. The summed E-state index contributed by atoms with van der Waals surface area (Å²) in [5.41, 5.74) is 1.76. The molecule has 0 aromatic heterocycles. The van der Waals surface area contributed by atoms with Gasteiger partial charge in [0.05, 0.1) is 12.6 Å². The summed E-state index contributed by atoms with van der Waals surface area (Å²) >= 11 is 0. The number of carbonyl (C=O) groups excluding carboxylic acids is 1. The van der Waals surface area contributed by atoms with Crippen LogP contribution in [-0.4, -0.2) is 55.1 Å². The first-order chi connectivity index (χ1) is 9.11. The Morgan fingerprint density at radius 2 is 2.21 bits per heavy atom. The topological polar surface area (TPSA) is 43.8 Å². The summed E-state index contributed by atoms with van der Waals surface area (Å²) in [6.07, 6.45) is 1.07. The first-order valence-electron chi connectivity index (χ1n) is 6.79. The molecule has 0 saturated carbocycles. The van der Waals surface area contributed by atoms with Crippen molar-refractivity contribution in [1.29, 1.82) is 0 Å². The standard InChI is InChI=1S/C15H22N2O2/c1-12(19)13-5-3-6-14(9-13)17-8-4-7-16(2)10-15(17)11-18/h3,5-6,9,15,18H,4,7-8,10-11H2,1-2H3. The molecular weight excluding hydrogens is 240 g/mol. The van der Waals surface area contributed by atoms with Crippen LogP contribution in [0.3, 0.4) is 0 Å². The van der Waals surface area contributed by atoms with Crippen LogP contribution in [0.25, 0.3) is 0 Å². The summed E-state index contributed by atoms with van der Waals surface area (Å²) in [4.78, 5) is 15.9. The fourth-order valence-corrected chi connectivity index (χ4v) is 2.64. The molecule has 0 spiro atoms. The molecule has 1 saturated heterocycles. The molecule has 4 heteroatoms. The number of Topliss-reactive ketones (excluding diaryl/α,β-unsaturated/α-hetero) is 1. The second kappa shape index (κ2) is 6.17. The molecule has 19 heavy (non-hydrogen) atoms. The first kappa shape index (κ1) is 14.0. The van der Waals surface area contributed by atoms with Gasteiger partial charge in [0.15, 0.2) is 5.78 Å². The third kappa shape index (κ3) is 3.33. The Hall–Kier alpha value is -1.39. The lowest BCUT2D eigenvalue weighted by atomic mass is 10.1. The summed E-state index contributed by atoms with van der Waals surface area (Å²) < 4.78 is 0. The van der Waals surface area contributed by atoms with Gasteiger partial charge < -0.3 is 14.9 Å². The minimum absolute atomic E-state index is 0.0781. The highest BCUT2D eigenvalue weighted by molar-refractivity contribution is 5.95. The van der Waals surface area contributed by atoms with Gasteiger partial charge in [0.1, 0.15) is 0 Å². The zero-order valence-corrected chi connectivity index (χ0v) is 11.7. The van der Waals surface area contributed by atoms with Crippen molar-refractivity contribution in [2.45, 2.75) is 19.4 Å². The van der Waals surface area contributed by atoms with Gasteiger partial charge in [-0.2, -0.15) is 0 Å². The number of ketones is 1. The molecule has 1 aromatic rings. The molecule has 4 nitrogen and oxygen atoms in total. The number of nitrogens with zero attached hydrogens (tertiary/aromatic N) is 2. The van der Waals surface area contributed by atoms with Crippen molar-refractivity contribution >= 4 is 11.5 Å². The molecule has 0 aliphatic carbocycles. The lowest BCUT2D eigenvalue weighted by Crippen LogP contribution is -2.42. The van der Waals surface area contributed by atoms with E-state index in [4.69, 9.17) is 0 Å². The van der Waals surface area contributed by atoms with Crippen LogP contribution < -0.4 is 4.90 Å². The van der Waals surface area contributed by atoms with E-state index in [0.717, 1.165) is 37.3 Å². The second-order valence-electron chi connectivity index (χ2n) is 5.25. The maximum absolute atomic E-state index is 11.5. The van der Waals surface area contributed by atoms with E-state index < -0.39 is 0 Å². The molecule has 0 radical (unpaired) electrons. The second-order valence-corrected chi connectivity index (χ2v) is 5.25. The Labute approximate surface area is 114 Å². The van der Waals surface area contributed by atoms with Gasteiger partial charge in [0.25, 0.3) is 0 Å². The van der Waals surface area contributed by atoms with Crippen molar-refractivity contribution in [1.82, 2.24) is 4.90 Å². The summed E-state index contributed by atoms with van der Waals surface area (Å²) in [5, 5.41) is 9.61. The predicted molar refractivity (Wildman–Crippen MR) is 76.8 cm³/mol. The molecule has 1 heterocycles. The smallest absolute Gasteiger partial charge is 0.159 e. The molecule has 2 rings (SSSR count). The Morgan fingerprint density at radius 3 is 2.89 bits per heavy atom. The summed E-state index contributed by atoms with van der Waals surface area (Å²) in [7, 11) is 2.08. The quantitative estimate of drug-likeness (QED) is 0.836. The maximum Gasteiger partial charge on any atom is 0.159 e. The highest BCUT2D eigenvalue weighted by atomic mass is 16.3. The molecule has 1 aliphatic rings. The lowest BCUT2D eigenvalue weighted by Gasteiger charge is -2.31. The number of hydrogen-bond acceptors (Lipinski definition) is 4. The molecule has 1 aromatic carbocycles. The van der Waals surface area contributed by atoms with Crippen LogP contribution in [0.1, 0.15) is 23.7 Å². The third-order valence-corrected chi connectivity index (χ3v) is 3.70.